The van der Waals surface area contributed by atoms with Gasteiger partial charge < -0.3 is 14.9 Å². The maximum atomic E-state index is 17.1. The van der Waals surface area contributed by atoms with Gasteiger partial charge in [0, 0.05) is 29.2 Å². The Morgan fingerprint density at radius 3 is 2.36 bits per heavy atom. The molecule has 4 aliphatic rings. The largest absolute Gasteiger partial charge is 0.390 e. The third-order valence-corrected chi connectivity index (χ3v) is 12.2. The SMILES string of the molecule is CC12CC(O)[C@@]3(F)C(C[C@H](F)C4=CC(=O)C=CC43C)C1CCC2C(=O)SCCCCCCCCCCP(O)O. The molecule has 0 spiro atoms. The Hall–Kier alpha value is -0.660. The molecule has 0 aromatic carbocycles. The van der Waals surface area contributed by atoms with Gasteiger partial charge in [0.05, 0.1) is 6.10 Å². The highest BCUT2D eigenvalue weighted by Gasteiger charge is 2.72. The van der Waals surface area contributed by atoms with Gasteiger partial charge in [0.1, 0.15) is 6.17 Å². The van der Waals surface area contributed by atoms with Gasteiger partial charge in [0.25, 0.3) is 0 Å². The number of carbonyl (C=O) groups excluding carboxylic acids is 2. The molecule has 0 aliphatic heterocycles. The summed E-state index contributed by atoms with van der Waals surface area (Å²) < 4.78 is 32.6. The van der Waals surface area contributed by atoms with Crippen LogP contribution in [0.3, 0.4) is 0 Å². The van der Waals surface area contributed by atoms with Crippen LogP contribution in [-0.2, 0) is 9.59 Å². The lowest BCUT2D eigenvalue weighted by Gasteiger charge is -2.62. The second-order valence-electron chi connectivity index (χ2n) is 12.7. The van der Waals surface area contributed by atoms with Crippen LogP contribution < -0.4 is 0 Å². The minimum Gasteiger partial charge on any atom is -0.390 e. The Balaban J connectivity index is 1.29. The predicted molar refractivity (Wildman–Crippen MR) is 153 cm³/mol. The summed E-state index contributed by atoms with van der Waals surface area (Å²) in [5.41, 5.74) is -3.87. The molecule has 0 amide bonds. The Bertz CT molecular complexity index is 975. The van der Waals surface area contributed by atoms with Gasteiger partial charge >= 0.3 is 0 Å². The van der Waals surface area contributed by atoms with Crippen LogP contribution in [-0.4, -0.2) is 55.7 Å². The van der Waals surface area contributed by atoms with Crippen molar-refractivity contribution in [2.45, 2.75) is 109 Å². The number of rotatable bonds is 12. The zero-order valence-electron chi connectivity index (χ0n) is 23.3. The maximum absolute atomic E-state index is 17.1. The summed E-state index contributed by atoms with van der Waals surface area (Å²) in [4.78, 5) is 43.2. The van der Waals surface area contributed by atoms with Gasteiger partial charge in [-0.2, -0.15) is 0 Å². The number of alkyl halides is 2. The number of aliphatic hydroxyl groups is 1. The number of carbonyl (C=O) groups is 2. The number of fused-ring (bicyclic) bond motifs is 5. The Morgan fingerprint density at radius 2 is 1.69 bits per heavy atom. The fourth-order valence-corrected chi connectivity index (χ4v) is 9.92. The number of thioether (sulfide) groups is 1. The summed E-state index contributed by atoms with van der Waals surface area (Å²) in [5.74, 6) is -0.758. The van der Waals surface area contributed by atoms with Crippen molar-refractivity contribution in [1.82, 2.24) is 0 Å². The molecule has 3 saturated carbocycles. The van der Waals surface area contributed by atoms with E-state index >= 15 is 8.78 Å². The molecule has 0 saturated heterocycles. The standard InChI is InChI=1S/C30H45F2O5PS/c1-28-19-26(34)30(32)23(18-25(31)24-17-20(33)13-14-29(24,30)2)21(28)11-12-22(28)27(35)39-16-10-8-6-4-3-5-7-9-15-38(36)37/h13-14,17,21-23,25-26,34,36-37H,3-12,15-16,18-19H2,1-2H3/t21?,22?,23?,25-,26?,28?,29?,30-/m0/s1. The second-order valence-corrected chi connectivity index (χ2v) is 15.0. The first kappa shape index (κ1) is 31.3. The Kier molecular flexibility index (Phi) is 10.2. The molecule has 4 rings (SSSR count). The van der Waals surface area contributed by atoms with Gasteiger partial charge in [-0.1, -0.05) is 63.3 Å². The van der Waals surface area contributed by atoms with E-state index in [1.165, 1.54) is 30.0 Å². The van der Waals surface area contributed by atoms with Crippen LogP contribution in [0.2, 0.25) is 0 Å². The topological polar surface area (TPSA) is 94.8 Å². The number of hydrogen-bond donors (Lipinski definition) is 3. The summed E-state index contributed by atoms with van der Waals surface area (Å²) >= 11 is 1.36. The molecule has 220 valence electrons. The summed E-state index contributed by atoms with van der Waals surface area (Å²) in [7, 11) is -1.76. The lowest BCUT2D eigenvalue weighted by atomic mass is 9.45. The van der Waals surface area contributed by atoms with Gasteiger partial charge in [-0.3, -0.25) is 9.59 Å². The molecule has 3 N–H and O–H groups in total. The first-order valence-corrected chi connectivity index (χ1v) is 17.1. The van der Waals surface area contributed by atoms with E-state index in [0.29, 0.717) is 19.0 Å². The molecule has 0 radical (unpaired) electrons. The van der Waals surface area contributed by atoms with Crippen molar-refractivity contribution in [1.29, 1.82) is 0 Å². The Labute approximate surface area is 237 Å². The molecule has 4 aliphatic carbocycles. The average molecular weight is 587 g/mol. The molecule has 3 fully saturated rings. The number of halogens is 2. The minimum atomic E-state index is -2.07. The zero-order valence-corrected chi connectivity index (χ0v) is 25.0. The monoisotopic (exact) mass is 586 g/mol. The molecule has 0 aromatic heterocycles. The predicted octanol–water partition coefficient (Wildman–Crippen LogP) is 6.60. The molecule has 0 aromatic rings. The summed E-state index contributed by atoms with van der Waals surface area (Å²) in [6.45, 7) is 3.61. The molecule has 0 bridgehead atoms. The van der Waals surface area contributed by atoms with E-state index < -0.39 is 43.1 Å². The van der Waals surface area contributed by atoms with Crippen LogP contribution in [0.1, 0.15) is 90.9 Å². The van der Waals surface area contributed by atoms with Crippen molar-refractivity contribution in [3.05, 3.63) is 23.8 Å². The van der Waals surface area contributed by atoms with E-state index in [2.05, 4.69) is 0 Å². The molecule has 0 heterocycles. The van der Waals surface area contributed by atoms with Crippen molar-refractivity contribution in [2.24, 2.45) is 28.6 Å². The van der Waals surface area contributed by atoms with Gasteiger partial charge in [0.15, 0.2) is 24.9 Å². The lowest BCUT2D eigenvalue weighted by Crippen LogP contribution is -2.68. The number of aliphatic hydroxyl groups excluding tert-OH is 1. The van der Waals surface area contributed by atoms with Crippen molar-refractivity contribution in [3.8, 4) is 0 Å². The zero-order chi connectivity index (χ0) is 28.4. The first-order chi connectivity index (χ1) is 18.4. The third-order valence-electron chi connectivity index (χ3n) is 10.4. The highest BCUT2D eigenvalue weighted by Crippen LogP contribution is 2.69. The summed E-state index contributed by atoms with van der Waals surface area (Å²) in [6.07, 6.45) is 11.6. The fourth-order valence-electron chi connectivity index (χ4n) is 8.28. The van der Waals surface area contributed by atoms with Gasteiger partial charge in [0.2, 0.25) is 0 Å². The minimum absolute atomic E-state index is 0.0609. The van der Waals surface area contributed by atoms with Gasteiger partial charge in [-0.25, -0.2) is 8.78 Å². The highest BCUT2D eigenvalue weighted by molar-refractivity contribution is 8.13. The van der Waals surface area contributed by atoms with Crippen molar-refractivity contribution in [2.75, 3.05) is 11.9 Å². The normalized spacial score (nSPS) is 39.3. The van der Waals surface area contributed by atoms with E-state index in [4.69, 9.17) is 9.79 Å². The van der Waals surface area contributed by atoms with Crippen LogP contribution in [0.4, 0.5) is 8.78 Å². The molecular formula is C30H45F2O5PS. The van der Waals surface area contributed by atoms with E-state index in [0.717, 1.165) is 57.1 Å². The number of ketones is 1. The number of hydrogen-bond acceptors (Lipinski definition) is 6. The molecular weight excluding hydrogens is 541 g/mol. The third kappa shape index (κ3) is 5.98. The van der Waals surface area contributed by atoms with E-state index in [9.17, 15) is 14.7 Å². The van der Waals surface area contributed by atoms with Gasteiger partial charge in [-0.05, 0) is 74.5 Å². The molecule has 5 nitrogen and oxygen atoms in total. The average Bonchev–Trinajstić information content (AvgIpc) is 3.21. The lowest BCUT2D eigenvalue weighted by molar-refractivity contribution is -0.201. The highest BCUT2D eigenvalue weighted by atomic mass is 32.2. The van der Waals surface area contributed by atoms with Crippen LogP contribution in [0, 0.1) is 28.6 Å². The number of allylic oxidation sites excluding steroid dienone is 4. The van der Waals surface area contributed by atoms with Crippen molar-refractivity contribution in [3.63, 3.8) is 0 Å². The fraction of sp³-hybridized carbons (Fsp3) is 0.800. The summed E-state index contributed by atoms with van der Waals surface area (Å²) in [5, 5.41) is 11.5. The maximum Gasteiger partial charge on any atom is 0.192 e. The second kappa shape index (κ2) is 12.7. The number of unbranched alkanes of at least 4 members (excludes halogenated alkanes) is 7. The van der Waals surface area contributed by atoms with Crippen LogP contribution in [0.5, 0.6) is 0 Å². The van der Waals surface area contributed by atoms with Crippen molar-refractivity contribution >= 4 is 31.0 Å². The quantitative estimate of drug-likeness (QED) is 0.176. The van der Waals surface area contributed by atoms with Crippen molar-refractivity contribution < 1.29 is 33.3 Å². The molecule has 9 heteroatoms. The smallest absolute Gasteiger partial charge is 0.192 e. The van der Waals surface area contributed by atoms with E-state index in [1.807, 2.05) is 6.92 Å². The van der Waals surface area contributed by atoms with E-state index in [1.54, 1.807) is 6.92 Å². The summed E-state index contributed by atoms with van der Waals surface area (Å²) in [6, 6.07) is 0. The van der Waals surface area contributed by atoms with Gasteiger partial charge in [-0.15, -0.1) is 0 Å². The van der Waals surface area contributed by atoms with Crippen LogP contribution >= 0.6 is 20.1 Å². The van der Waals surface area contributed by atoms with Crippen LogP contribution in [0.15, 0.2) is 23.8 Å². The first-order valence-electron chi connectivity index (χ1n) is 14.7. The molecule has 6 unspecified atom stereocenters. The molecule has 8 atom stereocenters. The van der Waals surface area contributed by atoms with E-state index in [-0.39, 0.29) is 41.1 Å². The van der Waals surface area contributed by atoms with Crippen LogP contribution in [0.25, 0.3) is 0 Å². The molecule has 39 heavy (non-hydrogen) atoms. The Morgan fingerprint density at radius 1 is 1.05 bits per heavy atom.